The van der Waals surface area contributed by atoms with Crippen LogP contribution in [0.5, 0.6) is 0 Å². The molecule has 0 spiro atoms. The van der Waals surface area contributed by atoms with E-state index in [2.05, 4.69) is 6.92 Å². The summed E-state index contributed by atoms with van der Waals surface area (Å²) in [7, 11) is 0. The number of hydrogen-bond donors (Lipinski definition) is 1. The van der Waals surface area contributed by atoms with Crippen LogP contribution in [0.25, 0.3) is 0 Å². The van der Waals surface area contributed by atoms with Gasteiger partial charge in [0.25, 0.3) is 0 Å². The number of aliphatic hydroxyl groups is 1. The van der Waals surface area contributed by atoms with Crippen LogP contribution in [0.4, 0.5) is 0 Å². The normalized spacial score (nSPS) is 9.00. The first-order valence-corrected chi connectivity index (χ1v) is 4.02. The summed E-state index contributed by atoms with van der Waals surface area (Å²) < 4.78 is 0. The maximum absolute atomic E-state index is 8.42. The predicted molar refractivity (Wildman–Crippen MR) is 41.6 cm³/mol. The Morgan fingerprint density at radius 2 is 1.50 bits per heavy atom. The molecule has 0 aromatic carbocycles. The molecule has 0 atom stereocenters. The van der Waals surface area contributed by atoms with Crippen molar-refractivity contribution in [3.8, 4) is 0 Å². The van der Waals surface area contributed by atoms with Crippen molar-refractivity contribution in [2.75, 3.05) is 6.61 Å². The van der Waals surface area contributed by atoms with Crippen molar-refractivity contribution in [3.05, 3.63) is 0 Å². The second-order valence-electron chi connectivity index (χ2n) is 2.49. The largest absolute Gasteiger partial charge is 1.00 e. The molecule has 1 N–H and O–H groups in total. The molecule has 0 aliphatic heterocycles. The zero-order valence-corrected chi connectivity index (χ0v) is 12.3. The first kappa shape index (κ1) is 14.3. The van der Waals surface area contributed by atoms with Gasteiger partial charge in [-0.3, -0.25) is 0 Å². The molecule has 0 aromatic rings. The van der Waals surface area contributed by atoms with Crippen molar-refractivity contribution in [3.63, 3.8) is 0 Å². The molecule has 0 saturated heterocycles. The van der Waals surface area contributed by atoms with Crippen molar-refractivity contribution < 1.29 is 64.7 Å². The zero-order valence-electron chi connectivity index (χ0n) is 8.40. The predicted octanol–water partition coefficient (Wildman–Crippen LogP) is -0.544. The van der Waals surface area contributed by atoms with E-state index in [4.69, 9.17) is 5.11 Å². The molecule has 0 radical (unpaired) electrons. The molecule has 0 bridgehead atoms. The van der Waals surface area contributed by atoms with Gasteiger partial charge in [0.2, 0.25) is 0 Å². The first-order chi connectivity index (χ1) is 4.41. The van der Waals surface area contributed by atoms with Crippen molar-refractivity contribution in [1.29, 1.82) is 0 Å². The van der Waals surface area contributed by atoms with Gasteiger partial charge >= 0.3 is 58.2 Å². The molecule has 0 fully saturated rings. The second-order valence-corrected chi connectivity index (χ2v) is 2.49. The Hall–Kier alpha value is 1.77. The van der Waals surface area contributed by atoms with Gasteiger partial charge in [0, 0.05) is 6.61 Å². The van der Waals surface area contributed by atoms with Crippen LogP contribution in [0, 0.1) is 0 Å². The first-order valence-electron chi connectivity index (χ1n) is 4.02. The smallest absolute Gasteiger partial charge is 1.00 e. The van der Waals surface area contributed by atoms with Gasteiger partial charge in [-0.2, -0.15) is 0 Å². The van der Waals surface area contributed by atoms with Gasteiger partial charge in [-0.05, 0) is 6.42 Å². The maximum Gasteiger partial charge on any atom is 1.00 e. The third-order valence-corrected chi connectivity index (χ3v) is 1.51. The molecule has 0 amide bonds. The van der Waals surface area contributed by atoms with Crippen LogP contribution < -0.4 is 58.2 Å². The Morgan fingerprint density at radius 1 is 1.00 bits per heavy atom. The van der Waals surface area contributed by atoms with Crippen LogP contribution in [0.1, 0.15) is 46.9 Å². The molecular formula is C8H19ORb. The minimum Gasteiger partial charge on any atom is -1.00 e. The summed E-state index contributed by atoms with van der Waals surface area (Å²) in [6.45, 7) is 2.58. The molecule has 58 valence electrons. The molecule has 0 aliphatic rings. The Labute approximate surface area is 115 Å². The standard InChI is InChI=1S/C8H18O.Rb.H/c1-2-3-4-5-6-7-8-9;;/h9H,2-8H2,1H3;;/q;+1;-1. The molecule has 0 unspecified atom stereocenters. The topological polar surface area (TPSA) is 20.2 Å². The Bertz CT molecular complexity index is 47.4. The Kier molecular flexibility index (Phi) is 19.1. The monoisotopic (exact) mass is 216 g/mol. The quantitative estimate of drug-likeness (QED) is 0.592. The molecule has 0 aliphatic carbocycles. The van der Waals surface area contributed by atoms with Gasteiger partial charge in [0.05, 0.1) is 0 Å². The van der Waals surface area contributed by atoms with Crippen LogP contribution in [-0.4, -0.2) is 11.7 Å². The third-order valence-electron chi connectivity index (χ3n) is 1.51. The number of unbranched alkanes of at least 4 members (excludes halogenated alkanes) is 5. The summed E-state index contributed by atoms with van der Waals surface area (Å²) in [5, 5.41) is 8.42. The molecular weight excluding hydrogens is 198 g/mol. The molecule has 0 heterocycles. The van der Waals surface area contributed by atoms with E-state index in [1.54, 1.807) is 0 Å². The molecule has 10 heavy (non-hydrogen) atoms. The van der Waals surface area contributed by atoms with Gasteiger partial charge in [0.15, 0.2) is 0 Å². The van der Waals surface area contributed by atoms with Crippen LogP contribution in [0.15, 0.2) is 0 Å². The van der Waals surface area contributed by atoms with Crippen molar-refractivity contribution in [2.24, 2.45) is 0 Å². The Balaban J connectivity index is -0.000000320. The van der Waals surface area contributed by atoms with E-state index in [1.165, 1.54) is 32.1 Å². The molecule has 1 nitrogen and oxygen atoms in total. The minimum absolute atomic E-state index is 0. The summed E-state index contributed by atoms with van der Waals surface area (Å²) in [5.41, 5.74) is 0. The van der Waals surface area contributed by atoms with E-state index < -0.39 is 0 Å². The van der Waals surface area contributed by atoms with Crippen LogP contribution in [0.2, 0.25) is 0 Å². The summed E-state index contributed by atoms with van der Waals surface area (Å²) in [5.74, 6) is 0. The van der Waals surface area contributed by atoms with Gasteiger partial charge in [0.1, 0.15) is 0 Å². The average molecular weight is 217 g/mol. The third kappa shape index (κ3) is 12.4. The van der Waals surface area contributed by atoms with Gasteiger partial charge < -0.3 is 6.53 Å². The summed E-state index contributed by atoms with van der Waals surface area (Å²) in [6, 6.07) is 0. The fraction of sp³-hybridized carbons (Fsp3) is 1.00. The Morgan fingerprint density at radius 3 is 2.00 bits per heavy atom. The van der Waals surface area contributed by atoms with E-state index in [0.29, 0.717) is 6.61 Å². The average Bonchev–Trinajstić information content (AvgIpc) is 1.89. The fourth-order valence-electron chi connectivity index (χ4n) is 0.892. The van der Waals surface area contributed by atoms with Gasteiger partial charge in [-0.1, -0.05) is 39.0 Å². The van der Waals surface area contributed by atoms with Gasteiger partial charge in [-0.15, -0.1) is 0 Å². The van der Waals surface area contributed by atoms with Gasteiger partial charge in [-0.25, -0.2) is 0 Å². The molecule has 2 heteroatoms. The van der Waals surface area contributed by atoms with Crippen LogP contribution in [-0.2, 0) is 0 Å². The summed E-state index contributed by atoms with van der Waals surface area (Å²) in [6.07, 6.45) is 7.50. The van der Waals surface area contributed by atoms with E-state index in [9.17, 15) is 0 Å². The van der Waals surface area contributed by atoms with E-state index in [0.717, 1.165) is 6.42 Å². The number of hydrogen-bond acceptors (Lipinski definition) is 1. The number of aliphatic hydroxyl groups excluding tert-OH is 1. The second kappa shape index (κ2) is 13.4. The van der Waals surface area contributed by atoms with Crippen molar-refractivity contribution in [1.82, 2.24) is 0 Å². The molecule has 0 aromatic heterocycles. The van der Waals surface area contributed by atoms with Crippen LogP contribution in [0.3, 0.4) is 0 Å². The van der Waals surface area contributed by atoms with Crippen molar-refractivity contribution in [2.45, 2.75) is 45.4 Å². The summed E-state index contributed by atoms with van der Waals surface area (Å²) >= 11 is 0. The van der Waals surface area contributed by atoms with Crippen molar-refractivity contribution >= 4 is 0 Å². The van der Waals surface area contributed by atoms with E-state index in [1.807, 2.05) is 0 Å². The van der Waals surface area contributed by atoms with E-state index >= 15 is 0 Å². The molecule has 0 saturated carbocycles. The zero-order chi connectivity index (χ0) is 6.95. The fourth-order valence-corrected chi connectivity index (χ4v) is 0.892. The van der Waals surface area contributed by atoms with Crippen LogP contribution >= 0.6 is 0 Å². The maximum atomic E-state index is 8.42. The number of rotatable bonds is 6. The SMILES string of the molecule is CCCCCCCCO.[H-].[Rb+]. The van der Waals surface area contributed by atoms with E-state index in [-0.39, 0.29) is 59.6 Å². The molecule has 0 rings (SSSR count). The summed E-state index contributed by atoms with van der Waals surface area (Å²) in [4.78, 5) is 0. The minimum atomic E-state index is 0.